The molecule has 23 heavy (non-hydrogen) atoms. The van der Waals surface area contributed by atoms with Crippen LogP contribution in [-0.4, -0.2) is 18.3 Å². The third-order valence-corrected chi connectivity index (χ3v) is 4.58. The molecule has 3 nitrogen and oxygen atoms in total. The van der Waals surface area contributed by atoms with Gasteiger partial charge >= 0.3 is 0 Å². The fourth-order valence-corrected chi connectivity index (χ4v) is 2.95. The number of methoxy groups -OCH3 is 1. The highest BCUT2D eigenvalue weighted by Gasteiger charge is 2.17. The number of benzene rings is 2. The molecule has 1 amide bonds. The van der Waals surface area contributed by atoms with Gasteiger partial charge in [-0.05, 0) is 55.8 Å². The quantitative estimate of drug-likeness (QED) is 0.806. The van der Waals surface area contributed by atoms with Gasteiger partial charge in [-0.25, -0.2) is 4.39 Å². The van der Waals surface area contributed by atoms with E-state index in [4.69, 9.17) is 4.74 Å². The number of nitrogens with one attached hydrogen (secondary N) is 1. The highest BCUT2D eigenvalue weighted by molar-refractivity contribution is 8.00. The summed E-state index contributed by atoms with van der Waals surface area (Å²) in [7, 11) is 1.62. The Morgan fingerprint density at radius 1 is 1.09 bits per heavy atom. The fraction of sp³-hybridized carbons (Fsp3) is 0.278. The maximum absolute atomic E-state index is 12.9. The second kappa shape index (κ2) is 8.02. The summed E-state index contributed by atoms with van der Waals surface area (Å²) in [6, 6.07) is 13.6. The van der Waals surface area contributed by atoms with Gasteiger partial charge in [-0.15, -0.1) is 11.8 Å². The first kappa shape index (κ1) is 17.3. The molecule has 0 radical (unpaired) electrons. The molecule has 2 atom stereocenters. The molecule has 0 bridgehead atoms. The summed E-state index contributed by atoms with van der Waals surface area (Å²) in [5.74, 6) is 0.453. The molecule has 0 aliphatic carbocycles. The molecule has 0 spiro atoms. The zero-order chi connectivity index (χ0) is 16.8. The van der Waals surface area contributed by atoms with Crippen molar-refractivity contribution in [2.45, 2.75) is 30.0 Å². The standard InChI is InChI=1S/C18H20FNO2S/c1-12(14-4-6-15(19)7-5-14)20-18(21)13(2)23-17-10-8-16(22-3)9-11-17/h4-13H,1-3H3,(H,20,21)/t12-,13-/m1/s1. The summed E-state index contributed by atoms with van der Waals surface area (Å²) in [6.07, 6.45) is 0. The van der Waals surface area contributed by atoms with Crippen molar-refractivity contribution in [2.24, 2.45) is 0 Å². The van der Waals surface area contributed by atoms with Crippen LogP contribution in [-0.2, 0) is 4.79 Å². The van der Waals surface area contributed by atoms with Crippen molar-refractivity contribution in [3.05, 3.63) is 59.9 Å². The minimum absolute atomic E-state index is 0.0531. The minimum Gasteiger partial charge on any atom is -0.497 e. The lowest BCUT2D eigenvalue weighted by Gasteiger charge is -2.18. The number of halogens is 1. The van der Waals surface area contributed by atoms with Crippen LogP contribution in [0.5, 0.6) is 5.75 Å². The second-order valence-electron chi connectivity index (χ2n) is 5.22. The van der Waals surface area contributed by atoms with E-state index in [1.165, 1.54) is 23.9 Å². The molecule has 0 fully saturated rings. The zero-order valence-corrected chi connectivity index (χ0v) is 14.2. The molecular weight excluding hydrogens is 313 g/mol. The zero-order valence-electron chi connectivity index (χ0n) is 13.4. The van der Waals surface area contributed by atoms with Crippen molar-refractivity contribution < 1.29 is 13.9 Å². The molecule has 2 rings (SSSR count). The Hall–Kier alpha value is -2.01. The highest BCUT2D eigenvalue weighted by Crippen LogP contribution is 2.26. The maximum Gasteiger partial charge on any atom is 0.233 e. The van der Waals surface area contributed by atoms with Crippen LogP contribution in [0.15, 0.2) is 53.4 Å². The lowest BCUT2D eigenvalue weighted by Crippen LogP contribution is -2.33. The van der Waals surface area contributed by atoms with E-state index >= 15 is 0 Å². The number of rotatable bonds is 6. The van der Waals surface area contributed by atoms with E-state index in [-0.39, 0.29) is 23.0 Å². The Labute approximate surface area is 140 Å². The maximum atomic E-state index is 12.9. The molecule has 0 saturated heterocycles. The smallest absolute Gasteiger partial charge is 0.233 e. The molecule has 0 unspecified atom stereocenters. The number of carbonyl (C=O) groups is 1. The first-order valence-electron chi connectivity index (χ1n) is 7.36. The van der Waals surface area contributed by atoms with Gasteiger partial charge in [0.1, 0.15) is 11.6 Å². The molecule has 0 aliphatic heterocycles. The third-order valence-electron chi connectivity index (χ3n) is 3.47. The first-order valence-corrected chi connectivity index (χ1v) is 8.24. The number of thioether (sulfide) groups is 1. The summed E-state index contributed by atoms with van der Waals surface area (Å²) >= 11 is 1.48. The Balaban J connectivity index is 1.92. The van der Waals surface area contributed by atoms with Crippen molar-refractivity contribution in [1.29, 1.82) is 0 Å². The molecule has 2 aromatic carbocycles. The number of carbonyl (C=O) groups excluding carboxylic acids is 1. The molecule has 122 valence electrons. The van der Waals surface area contributed by atoms with Gasteiger partial charge in [0, 0.05) is 4.90 Å². The first-order chi connectivity index (χ1) is 11.0. The van der Waals surface area contributed by atoms with Crippen molar-refractivity contribution >= 4 is 17.7 Å². The molecule has 1 N–H and O–H groups in total. The average molecular weight is 333 g/mol. The molecule has 5 heteroatoms. The lowest BCUT2D eigenvalue weighted by molar-refractivity contribution is -0.120. The number of hydrogen-bond acceptors (Lipinski definition) is 3. The molecule has 2 aromatic rings. The summed E-state index contributed by atoms with van der Waals surface area (Å²) in [5, 5.41) is 2.72. The molecule has 0 heterocycles. The lowest BCUT2D eigenvalue weighted by atomic mass is 10.1. The normalized spacial score (nSPS) is 13.2. The van der Waals surface area contributed by atoms with Crippen LogP contribution >= 0.6 is 11.8 Å². The third kappa shape index (κ3) is 4.99. The molecule has 0 aromatic heterocycles. The topological polar surface area (TPSA) is 38.3 Å². The Morgan fingerprint density at radius 2 is 1.70 bits per heavy atom. The van der Waals surface area contributed by atoms with Crippen LogP contribution in [0, 0.1) is 5.82 Å². The van der Waals surface area contributed by atoms with Gasteiger partial charge in [0.2, 0.25) is 5.91 Å². The van der Waals surface area contributed by atoms with Gasteiger partial charge in [0.25, 0.3) is 0 Å². The van der Waals surface area contributed by atoms with Crippen LogP contribution in [0.3, 0.4) is 0 Å². The van der Waals surface area contributed by atoms with Crippen LogP contribution in [0.4, 0.5) is 4.39 Å². The van der Waals surface area contributed by atoms with Gasteiger partial charge in [0.15, 0.2) is 0 Å². The van der Waals surface area contributed by atoms with Crippen LogP contribution in [0.1, 0.15) is 25.5 Å². The van der Waals surface area contributed by atoms with E-state index < -0.39 is 0 Å². The largest absolute Gasteiger partial charge is 0.497 e. The average Bonchev–Trinajstić information content (AvgIpc) is 2.56. The predicted molar refractivity (Wildman–Crippen MR) is 91.3 cm³/mol. The summed E-state index contributed by atoms with van der Waals surface area (Å²) in [6.45, 7) is 3.75. The van der Waals surface area contributed by atoms with Crippen LogP contribution < -0.4 is 10.1 Å². The van der Waals surface area contributed by atoms with Gasteiger partial charge in [-0.2, -0.15) is 0 Å². The van der Waals surface area contributed by atoms with Gasteiger partial charge in [-0.1, -0.05) is 12.1 Å². The van der Waals surface area contributed by atoms with E-state index in [1.54, 1.807) is 19.2 Å². The van der Waals surface area contributed by atoms with Crippen molar-refractivity contribution in [1.82, 2.24) is 5.32 Å². The van der Waals surface area contributed by atoms with E-state index in [2.05, 4.69) is 5.32 Å². The summed E-state index contributed by atoms with van der Waals surface area (Å²) < 4.78 is 18.1. The van der Waals surface area contributed by atoms with E-state index in [9.17, 15) is 9.18 Å². The van der Waals surface area contributed by atoms with E-state index in [1.807, 2.05) is 38.1 Å². The molecule has 0 aliphatic rings. The van der Waals surface area contributed by atoms with Crippen molar-refractivity contribution in [2.75, 3.05) is 7.11 Å². The molecule has 0 saturated carbocycles. The second-order valence-corrected chi connectivity index (χ2v) is 6.63. The van der Waals surface area contributed by atoms with Gasteiger partial charge < -0.3 is 10.1 Å². The van der Waals surface area contributed by atoms with Gasteiger partial charge in [0.05, 0.1) is 18.4 Å². The van der Waals surface area contributed by atoms with Crippen molar-refractivity contribution in [3.8, 4) is 5.75 Å². The Morgan fingerprint density at radius 3 is 2.26 bits per heavy atom. The van der Waals surface area contributed by atoms with Gasteiger partial charge in [-0.3, -0.25) is 4.79 Å². The Bertz CT molecular complexity index is 643. The Kier molecular flexibility index (Phi) is 6.04. The SMILES string of the molecule is COc1ccc(S[C@H](C)C(=O)N[C@H](C)c2ccc(F)cc2)cc1. The van der Waals surface area contributed by atoms with Crippen LogP contribution in [0.2, 0.25) is 0 Å². The number of ether oxygens (including phenoxy) is 1. The highest BCUT2D eigenvalue weighted by atomic mass is 32.2. The molecular formula is C18H20FNO2S. The van der Waals surface area contributed by atoms with E-state index in [0.717, 1.165) is 16.2 Å². The monoisotopic (exact) mass is 333 g/mol. The minimum atomic E-state index is -0.282. The predicted octanol–water partition coefficient (Wildman–Crippen LogP) is 4.19. The van der Waals surface area contributed by atoms with E-state index in [0.29, 0.717) is 0 Å². The van der Waals surface area contributed by atoms with Crippen molar-refractivity contribution in [3.63, 3.8) is 0 Å². The number of hydrogen-bond donors (Lipinski definition) is 1. The summed E-state index contributed by atoms with van der Waals surface area (Å²) in [4.78, 5) is 13.3. The summed E-state index contributed by atoms with van der Waals surface area (Å²) in [5.41, 5.74) is 0.876. The fourth-order valence-electron chi connectivity index (χ4n) is 2.08. The number of amides is 1. The van der Waals surface area contributed by atoms with Crippen LogP contribution in [0.25, 0.3) is 0 Å².